The summed E-state index contributed by atoms with van der Waals surface area (Å²) in [6, 6.07) is 1.71. The minimum Gasteiger partial charge on any atom is -0.478 e. The first-order chi connectivity index (χ1) is 8.26. The molecule has 0 fully saturated rings. The largest absolute Gasteiger partial charge is 0.478 e. The Kier molecular flexibility index (Phi) is 6.32. The van der Waals surface area contributed by atoms with Gasteiger partial charge in [0.05, 0.1) is 6.61 Å². The molecule has 1 aromatic heterocycles. The van der Waals surface area contributed by atoms with Crippen LogP contribution in [-0.4, -0.2) is 16.6 Å². The van der Waals surface area contributed by atoms with Gasteiger partial charge < -0.3 is 10.2 Å². The quantitative estimate of drug-likeness (QED) is 0.413. The predicted octanol–water partition coefficient (Wildman–Crippen LogP) is 2.42. The molecule has 0 spiro atoms. The van der Waals surface area contributed by atoms with Gasteiger partial charge in [-0.25, -0.2) is 10.8 Å². The molecule has 0 radical (unpaired) electrons. The van der Waals surface area contributed by atoms with Gasteiger partial charge in [0.25, 0.3) is 0 Å². The van der Waals surface area contributed by atoms with E-state index in [2.05, 4.69) is 22.3 Å². The average molecular weight is 238 g/mol. The van der Waals surface area contributed by atoms with E-state index in [0.717, 1.165) is 6.42 Å². The molecule has 17 heavy (non-hydrogen) atoms. The summed E-state index contributed by atoms with van der Waals surface area (Å²) in [7, 11) is 0. The maximum Gasteiger partial charge on any atom is 0.218 e. The lowest BCUT2D eigenvalue weighted by Crippen LogP contribution is -2.10. The van der Waals surface area contributed by atoms with Crippen LogP contribution in [0, 0.1) is 6.92 Å². The van der Waals surface area contributed by atoms with Crippen LogP contribution < -0.4 is 16.0 Å². The van der Waals surface area contributed by atoms with Gasteiger partial charge in [0.2, 0.25) is 5.88 Å². The molecule has 0 atom stereocenters. The number of ether oxygens (including phenoxy) is 1. The molecule has 1 heterocycles. The second-order valence-electron chi connectivity index (χ2n) is 4.05. The van der Waals surface area contributed by atoms with E-state index in [1.165, 1.54) is 25.7 Å². The third kappa shape index (κ3) is 5.49. The van der Waals surface area contributed by atoms with Gasteiger partial charge in [0, 0.05) is 6.07 Å². The Bertz CT molecular complexity index is 330. The normalized spacial score (nSPS) is 10.3. The summed E-state index contributed by atoms with van der Waals surface area (Å²) < 4.78 is 5.56. The monoisotopic (exact) mass is 238 g/mol. The van der Waals surface area contributed by atoms with E-state index in [1.54, 1.807) is 6.07 Å². The third-order valence-corrected chi connectivity index (χ3v) is 2.46. The van der Waals surface area contributed by atoms with Crippen LogP contribution in [0.5, 0.6) is 5.88 Å². The summed E-state index contributed by atoms with van der Waals surface area (Å²) in [5.41, 5.74) is 2.50. The molecule has 5 nitrogen and oxygen atoms in total. The van der Waals surface area contributed by atoms with Crippen LogP contribution in [0.1, 0.15) is 44.9 Å². The number of hydrazine groups is 1. The summed E-state index contributed by atoms with van der Waals surface area (Å²) in [5, 5.41) is 0. The van der Waals surface area contributed by atoms with Gasteiger partial charge in [-0.1, -0.05) is 32.6 Å². The highest BCUT2D eigenvalue weighted by atomic mass is 16.5. The summed E-state index contributed by atoms with van der Waals surface area (Å²) in [5.74, 6) is 7.12. The fraction of sp³-hybridized carbons (Fsp3) is 0.667. The Morgan fingerprint density at radius 3 is 2.71 bits per heavy atom. The molecule has 0 amide bonds. The molecule has 0 aromatic carbocycles. The number of nitrogens with one attached hydrogen (secondary N) is 1. The molecule has 96 valence electrons. The second-order valence-corrected chi connectivity index (χ2v) is 4.05. The Morgan fingerprint density at radius 1 is 1.24 bits per heavy atom. The first-order valence-corrected chi connectivity index (χ1v) is 6.21. The van der Waals surface area contributed by atoms with Gasteiger partial charge >= 0.3 is 0 Å². The minimum absolute atomic E-state index is 0.582. The SMILES string of the molecule is CCCCCCCOc1cc(NN)nc(C)n1. The molecule has 0 unspecified atom stereocenters. The zero-order valence-electron chi connectivity index (χ0n) is 10.7. The van der Waals surface area contributed by atoms with Gasteiger partial charge in [-0.05, 0) is 13.3 Å². The smallest absolute Gasteiger partial charge is 0.218 e. The van der Waals surface area contributed by atoms with Crippen LogP contribution >= 0.6 is 0 Å². The maximum absolute atomic E-state index is 5.56. The molecule has 5 heteroatoms. The topological polar surface area (TPSA) is 73.1 Å². The summed E-state index contributed by atoms with van der Waals surface area (Å²) in [6.45, 7) is 4.72. The highest BCUT2D eigenvalue weighted by molar-refractivity contribution is 5.36. The van der Waals surface area contributed by atoms with Crippen molar-refractivity contribution in [2.75, 3.05) is 12.0 Å². The molecule has 1 aromatic rings. The fourth-order valence-corrected chi connectivity index (χ4v) is 1.57. The molecule has 0 bridgehead atoms. The van der Waals surface area contributed by atoms with Crippen molar-refractivity contribution in [1.29, 1.82) is 0 Å². The van der Waals surface area contributed by atoms with Gasteiger partial charge in [-0.2, -0.15) is 4.98 Å². The summed E-state index contributed by atoms with van der Waals surface area (Å²) in [6.07, 6.45) is 6.11. The second kappa shape index (κ2) is 7.84. The Balaban J connectivity index is 2.28. The van der Waals surface area contributed by atoms with Crippen molar-refractivity contribution in [3.05, 3.63) is 11.9 Å². The number of hydrogen-bond donors (Lipinski definition) is 2. The molecule has 3 N–H and O–H groups in total. The first-order valence-electron chi connectivity index (χ1n) is 6.21. The molecular formula is C12H22N4O. The van der Waals surface area contributed by atoms with E-state index >= 15 is 0 Å². The van der Waals surface area contributed by atoms with Crippen molar-refractivity contribution in [3.8, 4) is 5.88 Å². The number of unbranched alkanes of at least 4 members (excludes halogenated alkanes) is 4. The highest BCUT2D eigenvalue weighted by Crippen LogP contribution is 2.13. The molecule has 0 aliphatic carbocycles. The van der Waals surface area contributed by atoms with Crippen molar-refractivity contribution in [3.63, 3.8) is 0 Å². The number of nitrogens with two attached hydrogens (primary N) is 1. The molecule has 0 saturated carbocycles. The number of nitrogens with zero attached hydrogens (tertiary/aromatic N) is 2. The van der Waals surface area contributed by atoms with E-state index in [1.807, 2.05) is 6.92 Å². The minimum atomic E-state index is 0.582. The number of rotatable bonds is 8. The van der Waals surface area contributed by atoms with Crippen molar-refractivity contribution < 1.29 is 4.74 Å². The van der Waals surface area contributed by atoms with Crippen LogP contribution in [-0.2, 0) is 0 Å². The van der Waals surface area contributed by atoms with Gasteiger partial charge in [-0.15, -0.1) is 0 Å². The van der Waals surface area contributed by atoms with Crippen LogP contribution in [0.2, 0.25) is 0 Å². The molecule has 1 rings (SSSR count). The van der Waals surface area contributed by atoms with Gasteiger partial charge in [0.15, 0.2) is 0 Å². The van der Waals surface area contributed by atoms with E-state index in [-0.39, 0.29) is 0 Å². The van der Waals surface area contributed by atoms with Gasteiger partial charge in [0.1, 0.15) is 11.6 Å². The van der Waals surface area contributed by atoms with Crippen LogP contribution in [0.25, 0.3) is 0 Å². The van der Waals surface area contributed by atoms with Crippen molar-refractivity contribution in [1.82, 2.24) is 9.97 Å². The number of aromatic nitrogens is 2. The number of anilines is 1. The summed E-state index contributed by atoms with van der Waals surface area (Å²) in [4.78, 5) is 8.28. The number of hydrogen-bond acceptors (Lipinski definition) is 5. The molecule has 0 saturated heterocycles. The summed E-state index contributed by atoms with van der Waals surface area (Å²) >= 11 is 0. The van der Waals surface area contributed by atoms with Crippen LogP contribution in [0.4, 0.5) is 5.82 Å². The van der Waals surface area contributed by atoms with Gasteiger partial charge in [-0.3, -0.25) is 0 Å². The van der Waals surface area contributed by atoms with E-state index in [4.69, 9.17) is 10.6 Å². The lowest BCUT2D eigenvalue weighted by atomic mass is 10.2. The lowest BCUT2D eigenvalue weighted by Gasteiger charge is -2.07. The Hall–Kier alpha value is -1.36. The first kappa shape index (κ1) is 13.7. The van der Waals surface area contributed by atoms with Crippen LogP contribution in [0.15, 0.2) is 6.07 Å². The van der Waals surface area contributed by atoms with Crippen molar-refractivity contribution in [2.45, 2.75) is 46.0 Å². The Labute approximate surface area is 103 Å². The zero-order chi connectivity index (χ0) is 12.5. The lowest BCUT2D eigenvalue weighted by molar-refractivity contribution is 0.292. The molecule has 0 aliphatic rings. The fourth-order valence-electron chi connectivity index (χ4n) is 1.57. The van der Waals surface area contributed by atoms with Crippen LogP contribution in [0.3, 0.4) is 0 Å². The third-order valence-electron chi connectivity index (χ3n) is 2.46. The zero-order valence-corrected chi connectivity index (χ0v) is 10.7. The van der Waals surface area contributed by atoms with E-state index < -0.39 is 0 Å². The number of aryl methyl sites for hydroxylation is 1. The molecular weight excluding hydrogens is 216 g/mol. The highest BCUT2D eigenvalue weighted by Gasteiger charge is 2.01. The van der Waals surface area contributed by atoms with E-state index in [0.29, 0.717) is 24.1 Å². The van der Waals surface area contributed by atoms with E-state index in [9.17, 15) is 0 Å². The number of nitrogen functional groups attached to an aromatic ring is 1. The average Bonchev–Trinajstić information content (AvgIpc) is 2.33. The van der Waals surface area contributed by atoms with Crippen molar-refractivity contribution in [2.24, 2.45) is 5.84 Å². The van der Waals surface area contributed by atoms with Crippen molar-refractivity contribution >= 4 is 5.82 Å². The molecule has 0 aliphatic heterocycles. The Morgan fingerprint density at radius 2 is 2.00 bits per heavy atom. The maximum atomic E-state index is 5.56. The standard InChI is InChI=1S/C12H22N4O/c1-3-4-5-6-7-8-17-12-9-11(16-13)14-10(2)15-12/h9H,3-8,13H2,1-2H3,(H,14,15,16). The predicted molar refractivity (Wildman–Crippen MR) is 68.8 cm³/mol.